The molecule has 0 amide bonds. The van der Waals surface area contributed by atoms with Crippen LogP contribution in [0.1, 0.15) is 10.4 Å². The van der Waals surface area contributed by atoms with Crippen molar-refractivity contribution < 1.29 is 17.9 Å². The molecule has 1 aromatic carbocycles. The largest absolute Gasteiger partial charge is 0.495 e. The second kappa shape index (κ2) is 4.20. The molecule has 0 saturated heterocycles. The lowest BCUT2D eigenvalue weighted by Crippen LogP contribution is -2.05. The maximum absolute atomic E-state index is 11.4. The van der Waals surface area contributed by atoms with E-state index in [0.29, 0.717) is 6.29 Å². The summed E-state index contributed by atoms with van der Waals surface area (Å²) >= 11 is 5.70. The maximum Gasteiger partial charge on any atom is 0.179 e. The number of aldehydes is 1. The summed E-state index contributed by atoms with van der Waals surface area (Å²) in [4.78, 5) is 10.6. The molecule has 0 aliphatic carbocycles. The van der Waals surface area contributed by atoms with Gasteiger partial charge in [-0.2, -0.15) is 0 Å². The number of ether oxygens (including phenoxy) is 1. The highest BCUT2D eigenvalue weighted by Crippen LogP contribution is 2.30. The van der Waals surface area contributed by atoms with Gasteiger partial charge >= 0.3 is 0 Å². The summed E-state index contributed by atoms with van der Waals surface area (Å²) in [6.45, 7) is 0. The molecular formula is C9H9ClO4S. The van der Waals surface area contributed by atoms with Crippen LogP contribution in [-0.4, -0.2) is 28.1 Å². The van der Waals surface area contributed by atoms with Crippen LogP contribution in [0.2, 0.25) is 5.02 Å². The Hall–Kier alpha value is -1.07. The number of carbonyl (C=O) groups excluding carboxylic acids is 1. The van der Waals surface area contributed by atoms with E-state index in [2.05, 4.69) is 0 Å². The first-order chi connectivity index (χ1) is 6.90. The first kappa shape index (κ1) is 12.0. The van der Waals surface area contributed by atoms with E-state index < -0.39 is 9.84 Å². The number of hydrogen-bond acceptors (Lipinski definition) is 4. The van der Waals surface area contributed by atoms with Gasteiger partial charge in [0.1, 0.15) is 10.6 Å². The molecule has 0 aliphatic heterocycles. The van der Waals surface area contributed by atoms with Crippen LogP contribution in [0.4, 0.5) is 0 Å². The van der Waals surface area contributed by atoms with Gasteiger partial charge in [0.2, 0.25) is 0 Å². The molecule has 0 aliphatic rings. The SMILES string of the molecule is COc1cc(Cl)cc(C=O)c1S(C)(=O)=O. The number of methoxy groups -OCH3 is 1. The summed E-state index contributed by atoms with van der Waals surface area (Å²) in [6.07, 6.45) is 1.44. The summed E-state index contributed by atoms with van der Waals surface area (Å²) in [5, 5.41) is 0.251. The van der Waals surface area contributed by atoms with Gasteiger partial charge in [-0.15, -0.1) is 0 Å². The fraction of sp³-hybridized carbons (Fsp3) is 0.222. The van der Waals surface area contributed by atoms with Crippen LogP contribution in [-0.2, 0) is 9.84 Å². The lowest BCUT2D eigenvalue weighted by molar-refractivity contribution is 0.112. The second-order valence-corrected chi connectivity index (χ2v) is 5.31. The lowest BCUT2D eigenvalue weighted by atomic mass is 10.2. The third-order valence-corrected chi connectivity index (χ3v) is 3.16. The smallest absolute Gasteiger partial charge is 0.179 e. The minimum atomic E-state index is -3.52. The predicted octanol–water partition coefficient (Wildman–Crippen LogP) is 1.56. The molecule has 0 unspecified atom stereocenters. The summed E-state index contributed by atoms with van der Waals surface area (Å²) in [5.41, 5.74) is 0.00171. The van der Waals surface area contributed by atoms with E-state index in [0.717, 1.165) is 6.26 Å². The maximum atomic E-state index is 11.4. The van der Waals surface area contributed by atoms with Crippen LogP contribution >= 0.6 is 11.6 Å². The van der Waals surface area contributed by atoms with Gasteiger partial charge in [-0.3, -0.25) is 4.79 Å². The molecule has 0 N–H and O–H groups in total. The molecule has 0 heterocycles. The molecule has 0 spiro atoms. The molecule has 0 fully saturated rings. The molecule has 82 valence electrons. The van der Waals surface area contributed by atoms with Crippen LogP contribution < -0.4 is 4.74 Å². The number of halogens is 1. The molecule has 6 heteroatoms. The van der Waals surface area contributed by atoms with E-state index in [-0.39, 0.29) is 21.2 Å². The highest BCUT2D eigenvalue weighted by atomic mass is 35.5. The highest BCUT2D eigenvalue weighted by Gasteiger charge is 2.19. The van der Waals surface area contributed by atoms with Crippen molar-refractivity contribution in [3.8, 4) is 5.75 Å². The fourth-order valence-electron chi connectivity index (χ4n) is 1.22. The molecule has 15 heavy (non-hydrogen) atoms. The monoisotopic (exact) mass is 248 g/mol. The van der Waals surface area contributed by atoms with E-state index in [1.165, 1.54) is 19.2 Å². The quantitative estimate of drug-likeness (QED) is 0.762. The van der Waals surface area contributed by atoms with Gasteiger partial charge in [0, 0.05) is 22.9 Å². The molecule has 0 atom stereocenters. The Morgan fingerprint density at radius 1 is 1.40 bits per heavy atom. The molecular weight excluding hydrogens is 240 g/mol. The Balaban J connectivity index is 3.66. The average molecular weight is 249 g/mol. The molecule has 4 nitrogen and oxygen atoms in total. The second-order valence-electron chi connectivity index (χ2n) is 2.92. The van der Waals surface area contributed by atoms with Gasteiger partial charge in [-0.25, -0.2) is 8.42 Å². The highest BCUT2D eigenvalue weighted by molar-refractivity contribution is 7.90. The van der Waals surface area contributed by atoms with Crippen molar-refractivity contribution in [1.29, 1.82) is 0 Å². The molecule has 1 aromatic rings. The van der Waals surface area contributed by atoms with Crippen molar-refractivity contribution in [2.75, 3.05) is 13.4 Å². The van der Waals surface area contributed by atoms with Crippen molar-refractivity contribution in [1.82, 2.24) is 0 Å². The average Bonchev–Trinajstić information content (AvgIpc) is 2.14. The number of hydrogen-bond donors (Lipinski definition) is 0. The zero-order chi connectivity index (χ0) is 11.6. The van der Waals surface area contributed by atoms with Crippen molar-refractivity contribution in [3.63, 3.8) is 0 Å². The summed E-state index contributed by atoms with van der Waals surface area (Å²) in [6, 6.07) is 2.64. The third kappa shape index (κ3) is 2.49. The first-order valence-electron chi connectivity index (χ1n) is 3.93. The van der Waals surface area contributed by atoms with E-state index >= 15 is 0 Å². The van der Waals surface area contributed by atoms with Gasteiger partial charge in [0.15, 0.2) is 16.1 Å². The Kier molecular flexibility index (Phi) is 3.36. The number of benzene rings is 1. The van der Waals surface area contributed by atoms with Crippen molar-refractivity contribution in [3.05, 3.63) is 22.7 Å². The number of rotatable bonds is 3. The van der Waals surface area contributed by atoms with E-state index in [1.807, 2.05) is 0 Å². The zero-order valence-electron chi connectivity index (χ0n) is 8.15. The number of sulfone groups is 1. The Bertz CT molecular complexity index is 493. The van der Waals surface area contributed by atoms with Crippen LogP contribution in [0, 0.1) is 0 Å². The summed E-state index contributed by atoms with van der Waals surface area (Å²) < 4.78 is 27.7. The van der Waals surface area contributed by atoms with E-state index in [1.54, 1.807) is 0 Å². The van der Waals surface area contributed by atoms with Crippen LogP contribution in [0.5, 0.6) is 5.75 Å². The minimum Gasteiger partial charge on any atom is -0.495 e. The van der Waals surface area contributed by atoms with Gasteiger partial charge < -0.3 is 4.74 Å². The summed E-state index contributed by atoms with van der Waals surface area (Å²) in [5.74, 6) is 0.0760. The molecule has 0 saturated carbocycles. The van der Waals surface area contributed by atoms with Crippen LogP contribution in [0.15, 0.2) is 17.0 Å². The first-order valence-corrected chi connectivity index (χ1v) is 6.20. The molecule has 0 bridgehead atoms. The minimum absolute atomic E-state index is 0.00171. The normalized spacial score (nSPS) is 11.1. The van der Waals surface area contributed by atoms with Crippen molar-refractivity contribution in [2.45, 2.75) is 4.90 Å². The van der Waals surface area contributed by atoms with Crippen molar-refractivity contribution in [2.24, 2.45) is 0 Å². The van der Waals surface area contributed by atoms with E-state index in [4.69, 9.17) is 16.3 Å². The zero-order valence-corrected chi connectivity index (χ0v) is 9.72. The van der Waals surface area contributed by atoms with E-state index in [9.17, 15) is 13.2 Å². The van der Waals surface area contributed by atoms with Crippen molar-refractivity contribution >= 4 is 27.7 Å². The molecule has 1 rings (SSSR count). The predicted molar refractivity (Wildman–Crippen MR) is 56.5 cm³/mol. The van der Waals surface area contributed by atoms with Gasteiger partial charge in [-0.05, 0) is 6.07 Å². The van der Waals surface area contributed by atoms with Gasteiger partial charge in [0.25, 0.3) is 0 Å². The van der Waals surface area contributed by atoms with Crippen LogP contribution in [0.3, 0.4) is 0 Å². The Labute approximate surface area is 92.7 Å². The Morgan fingerprint density at radius 3 is 2.40 bits per heavy atom. The third-order valence-electron chi connectivity index (χ3n) is 1.77. The Morgan fingerprint density at radius 2 is 2.00 bits per heavy atom. The van der Waals surface area contributed by atoms with Gasteiger partial charge in [-0.1, -0.05) is 11.6 Å². The standard InChI is InChI=1S/C9H9ClO4S/c1-14-8-4-7(10)3-6(5-11)9(8)15(2,12)13/h3-5H,1-2H3. The number of carbonyl (C=O) groups is 1. The van der Waals surface area contributed by atoms with Gasteiger partial charge in [0.05, 0.1) is 7.11 Å². The topological polar surface area (TPSA) is 60.4 Å². The summed E-state index contributed by atoms with van der Waals surface area (Å²) in [7, 11) is -2.21. The van der Waals surface area contributed by atoms with Crippen LogP contribution in [0.25, 0.3) is 0 Å². The molecule has 0 aromatic heterocycles. The lowest BCUT2D eigenvalue weighted by Gasteiger charge is -2.09. The molecule has 0 radical (unpaired) electrons. The fourth-order valence-corrected chi connectivity index (χ4v) is 2.48.